The first-order valence-electron chi connectivity index (χ1n) is 7.07. The Balaban J connectivity index is 2.02. The molecule has 0 aliphatic carbocycles. The van der Waals surface area contributed by atoms with Crippen molar-refractivity contribution >= 4 is 34.8 Å². The Hall–Kier alpha value is -0.730. The fourth-order valence-electron chi connectivity index (χ4n) is 3.13. The molecule has 1 nitrogen and oxygen atoms in total. The van der Waals surface area contributed by atoms with Gasteiger partial charge in [-0.2, -0.15) is 0 Å². The number of hydrogen-bond acceptors (Lipinski definition) is 1. The molecule has 0 bridgehead atoms. The van der Waals surface area contributed by atoms with Crippen molar-refractivity contribution in [1.82, 2.24) is 5.32 Å². The van der Waals surface area contributed by atoms with Gasteiger partial charge in [-0.05, 0) is 54.3 Å². The van der Waals surface area contributed by atoms with E-state index in [0.29, 0.717) is 11.8 Å². The van der Waals surface area contributed by atoms with Crippen LogP contribution in [-0.2, 0) is 0 Å². The first-order chi connectivity index (χ1) is 10.2. The van der Waals surface area contributed by atoms with Crippen LogP contribution >= 0.6 is 34.8 Å². The highest BCUT2D eigenvalue weighted by atomic mass is 35.5. The molecule has 0 spiro atoms. The van der Waals surface area contributed by atoms with Crippen LogP contribution in [0.3, 0.4) is 0 Å². The van der Waals surface area contributed by atoms with Gasteiger partial charge in [-0.1, -0.05) is 53.0 Å². The van der Waals surface area contributed by atoms with Crippen LogP contribution in [0, 0.1) is 0 Å². The van der Waals surface area contributed by atoms with E-state index in [1.165, 1.54) is 5.56 Å². The maximum Gasteiger partial charge on any atom is 0.0442 e. The van der Waals surface area contributed by atoms with Crippen molar-refractivity contribution in [2.75, 3.05) is 13.1 Å². The molecule has 1 aliphatic rings. The molecular weight excluding hydrogens is 325 g/mol. The minimum absolute atomic E-state index is 0.309. The van der Waals surface area contributed by atoms with Crippen LogP contribution < -0.4 is 5.32 Å². The molecule has 4 heteroatoms. The highest BCUT2D eigenvalue weighted by Gasteiger charge is 2.30. The predicted octanol–water partition coefficient (Wildman–Crippen LogP) is 5.51. The quantitative estimate of drug-likeness (QED) is 0.760. The third-order valence-corrected chi connectivity index (χ3v) is 5.07. The SMILES string of the molecule is Clc1ccc(Cl)c(C2CCNCC2c2ccccc2Cl)c1. The predicted molar refractivity (Wildman–Crippen MR) is 90.9 cm³/mol. The Morgan fingerprint density at radius 3 is 2.43 bits per heavy atom. The van der Waals surface area contributed by atoms with Gasteiger partial charge < -0.3 is 5.32 Å². The zero-order valence-corrected chi connectivity index (χ0v) is 13.7. The number of piperidine rings is 1. The fraction of sp³-hybridized carbons (Fsp3) is 0.294. The molecule has 2 aromatic carbocycles. The minimum Gasteiger partial charge on any atom is -0.316 e. The molecule has 2 atom stereocenters. The van der Waals surface area contributed by atoms with E-state index in [2.05, 4.69) is 11.4 Å². The molecule has 0 radical (unpaired) electrons. The Kier molecular flexibility index (Phi) is 4.75. The van der Waals surface area contributed by atoms with E-state index < -0.39 is 0 Å². The lowest BCUT2D eigenvalue weighted by Crippen LogP contribution is -2.34. The van der Waals surface area contributed by atoms with Gasteiger partial charge in [0.1, 0.15) is 0 Å². The van der Waals surface area contributed by atoms with Crippen LogP contribution in [0.5, 0.6) is 0 Å². The fourth-order valence-corrected chi connectivity index (χ4v) is 3.85. The summed E-state index contributed by atoms with van der Waals surface area (Å²) in [6.07, 6.45) is 1.02. The van der Waals surface area contributed by atoms with Gasteiger partial charge in [0.05, 0.1) is 0 Å². The van der Waals surface area contributed by atoms with Gasteiger partial charge in [0.25, 0.3) is 0 Å². The summed E-state index contributed by atoms with van der Waals surface area (Å²) in [6.45, 7) is 1.88. The Morgan fingerprint density at radius 1 is 0.857 bits per heavy atom. The Bertz CT molecular complexity index is 642. The third-order valence-electron chi connectivity index (χ3n) is 4.14. The summed E-state index contributed by atoms with van der Waals surface area (Å²) in [5.74, 6) is 0.640. The lowest BCUT2D eigenvalue weighted by Gasteiger charge is -2.34. The van der Waals surface area contributed by atoms with E-state index >= 15 is 0 Å². The molecule has 0 amide bonds. The molecule has 1 heterocycles. The summed E-state index contributed by atoms with van der Waals surface area (Å²) in [5, 5.41) is 5.78. The maximum absolute atomic E-state index is 6.41. The normalized spacial score (nSPS) is 22.2. The van der Waals surface area contributed by atoms with Gasteiger partial charge in [-0.3, -0.25) is 0 Å². The van der Waals surface area contributed by atoms with Crippen molar-refractivity contribution in [1.29, 1.82) is 0 Å². The summed E-state index contributed by atoms with van der Waals surface area (Å²) in [6, 6.07) is 13.7. The molecule has 110 valence electrons. The average molecular weight is 341 g/mol. The minimum atomic E-state index is 0.309. The first kappa shape index (κ1) is 15.2. The standard InChI is InChI=1S/C17H16Cl3N/c18-11-5-6-17(20)14(9-11)12-7-8-21-10-15(12)13-3-1-2-4-16(13)19/h1-6,9,12,15,21H,7-8,10H2. The Labute approximate surface area is 140 Å². The number of nitrogens with one attached hydrogen (secondary N) is 1. The second-order valence-corrected chi connectivity index (χ2v) is 6.64. The number of rotatable bonds is 2. The smallest absolute Gasteiger partial charge is 0.0442 e. The number of hydrogen-bond donors (Lipinski definition) is 1. The zero-order valence-electron chi connectivity index (χ0n) is 11.5. The molecule has 2 aromatic rings. The molecule has 2 unspecified atom stereocenters. The van der Waals surface area contributed by atoms with Gasteiger partial charge in [0, 0.05) is 27.5 Å². The van der Waals surface area contributed by atoms with E-state index in [1.54, 1.807) is 0 Å². The van der Waals surface area contributed by atoms with Gasteiger partial charge >= 0.3 is 0 Å². The van der Waals surface area contributed by atoms with Gasteiger partial charge in [-0.15, -0.1) is 0 Å². The van der Waals surface area contributed by atoms with Crippen LogP contribution in [0.2, 0.25) is 15.1 Å². The van der Waals surface area contributed by atoms with Crippen molar-refractivity contribution in [2.45, 2.75) is 18.3 Å². The number of halogens is 3. The van der Waals surface area contributed by atoms with Crippen molar-refractivity contribution in [2.24, 2.45) is 0 Å². The molecule has 1 N–H and O–H groups in total. The van der Waals surface area contributed by atoms with Crippen molar-refractivity contribution < 1.29 is 0 Å². The number of benzene rings is 2. The van der Waals surface area contributed by atoms with Crippen LogP contribution in [0.15, 0.2) is 42.5 Å². The molecule has 21 heavy (non-hydrogen) atoms. The average Bonchev–Trinajstić information content (AvgIpc) is 2.50. The van der Waals surface area contributed by atoms with Gasteiger partial charge in [-0.25, -0.2) is 0 Å². The highest BCUT2D eigenvalue weighted by Crippen LogP contribution is 2.42. The van der Waals surface area contributed by atoms with Crippen molar-refractivity contribution in [3.05, 3.63) is 68.7 Å². The molecule has 1 aliphatic heterocycles. The summed E-state index contributed by atoms with van der Waals surface area (Å²) in [5.41, 5.74) is 2.29. The van der Waals surface area contributed by atoms with Crippen LogP contribution in [0.25, 0.3) is 0 Å². The maximum atomic E-state index is 6.41. The summed E-state index contributed by atoms with van der Waals surface area (Å²) >= 11 is 19.0. The second-order valence-electron chi connectivity index (χ2n) is 5.39. The third kappa shape index (κ3) is 3.22. The summed E-state index contributed by atoms with van der Waals surface area (Å²) in [7, 11) is 0. The van der Waals surface area contributed by atoms with Crippen molar-refractivity contribution in [3.63, 3.8) is 0 Å². The van der Waals surface area contributed by atoms with E-state index in [0.717, 1.165) is 40.1 Å². The van der Waals surface area contributed by atoms with E-state index in [9.17, 15) is 0 Å². The van der Waals surface area contributed by atoms with Gasteiger partial charge in [0.2, 0.25) is 0 Å². The molecular formula is C17H16Cl3N. The highest BCUT2D eigenvalue weighted by molar-refractivity contribution is 6.33. The second kappa shape index (κ2) is 6.58. The Morgan fingerprint density at radius 2 is 1.62 bits per heavy atom. The van der Waals surface area contributed by atoms with Crippen LogP contribution in [0.4, 0.5) is 0 Å². The van der Waals surface area contributed by atoms with Gasteiger partial charge in [0.15, 0.2) is 0 Å². The summed E-state index contributed by atoms with van der Waals surface area (Å²) in [4.78, 5) is 0. The van der Waals surface area contributed by atoms with E-state index in [1.807, 2.05) is 36.4 Å². The van der Waals surface area contributed by atoms with Crippen LogP contribution in [0.1, 0.15) is 29.4 Å². The molecule has 0 aromatic heterocycles. The topological polar surface area (TPSA) is 12.0 Å². The molecule has 1 saturated heterocycles. The monoisotopic (exact) mass is 339 g/mol. The van der Waals surface area contributed by atoms with E-state index in [4.69, 9.17) is 34.8 Å². The molecule has 0 saturated carbocycles. The van der Waals surface area contributed by atoms with Crippen LogP contribution in [-0.4, -0.2) is 13.1 Å². The summed E-state index contributed by atoms with van der Waals surface area (Å²) < 4.78 is 0. The molecule has 3 rings (SSSR count). The lowest BCUT2D eigenvalue weighted by molar-refractivity contribution is 0.404. The molecule has 1 fully saturated rings. The zero-order chi connectivity index (χ0) is 14.8. The van der Waals surface area contributed by atoms with Crippen molar-refractivity contribution in [3.8, 4) is 0 Å². The first-order valence-corrected chi connectivity index (χ1v) is 8.20. The largest absolute Gasteiger partial charge is 0.316 e. The van der Waals surface area contributed by atoms with E-state index in [-0.39, 0.29) is 0 Å². The lowest BCUT2D eigenvalue weighted by atomic mass is 9.77.